The van der Waals surface area contributed by atoms with Gasteiger partial charge in [-0.25, -0.2) is 4.98 Å². The second kappa shape index (κ2) is 5.48. The molecule has 0 bridgehead atoms. The lowest BCUT2D eigenvalue weighted by Gasteiger charge is -2.27. The van der Waals surface area contributed by atoms with Crippen LogP contribution in [0.2, 0.25) is 0 Å². The first-order valence-electron chi connectivity index (χ1n) is 7.16. The predicted octanol–water partition coefficient (Wildman–Crippen LogP) is 3.05. The number of nitrogens with two attached hydrogens (primary N) is 1. The Labute approximate surface area is 128 Å². The highest BCUT2D eigenvalue weighted by Crippen LogP contribution is 2.25. The second-order valence-corrected chi connectivity index (χ2v) is 6.71. The number of anilines is 1. The van der Waals surface area contributed by atoms with Crippen molar-refractivity contribution in [3.63, 3.8) is 0 Å². The van der Waals surface area contributed by atoms with E-state index in [0.717, 1.165) is 18.7 Å². The molecule has 3 heterocycles. The summed E-state index contributed by atoms with van der Waals surface area (Å²) in [6, 6.07) is 5.66. The molecule has 21 heavy (non-hydrogen) atoms. The summed E-state index contributed by atoms with van der Waals surface area (Å²) in [6.45, 7) is 5.56. The van der Waals surface area contributed by atoms with Gasteiger partial charge in [-0.15, -0.1) is 11.3 Å². The van der Waals surface area contributed by atoms with E-state index in [9.17, 15) is 4.79 Å². The lowest BCUT2D eigenvalue weighted by Crippen LogP contribution is -2.35. The van der Waals surface area contributed by atoms with Crippen molar-refractivity contribution < 1.29 is 4.79 Å². The van der Waals surface area contributed by atoms with Gasteiger partial charge in [0.15, 0.2) is 0 Å². The summed E-state index contributed by atoms with van der Waals surface area (Å²) >= 11 is 1.78. The van der Waals surface area contributed by atoms with Gasteiger partial charge in [-0.2, -0.15) is 0 Å². The highest BCUT2D eigenvalue weighted by Gasteiger charge is 2.23. The van der Waals surface area contributed by atoms with Crippen LogP contribution in [-0.4, -0.2) is 22.3 Å². The van der Waals surface area contributed by atoms with Crippen LogP contribution < -0.4 is 5.73 Å². The quantitative estimate of drug-likeness (QED) is 0.927. The van der Waals surface area contributed by atoms with Gasteiger partial charge >= 0.3 is 0 Å². The molecule has 5 heteroatoms. The predicted molar refractivity (Wildman–Crippen MR) is 85.5 cm³/mol. The molecule has 0 unspecified atom stereocenters. The first kappa shape index (κ1) is 14.1. The highest BCUT2D eigenvalue weighted by atomic mass is 32.1. The Kier molecular flexibility index (Phi) is 3.68. The molecule has 0 atom stereocenters. The maximum absolute atomic E-state index is 12.7. The topological polar surface area (TPSA) is 59.2 Å². The van der Waals surface area contributed by atoms with Crippen molar-refractivity contribution in [3.8, 4) is 0 Å². The minimum Gasteiger partial charge on any atom is -0.384 e. The van der Waals surface area contributed by atoms with Crippen LogP contribution in [-0.2, 0) is 13.0 Å². The molecule has 0 aromatic carbocycles. The highest BCUT2D eigenvalue weighted by molar-refractivity contribution is 7.10. The van der Waals surface area contributed by atoms with E-state index in [1.165, 1.54) is 10.4 Å². The maximum Gasteiger partial charge on any atom is 0.254 e. The number of carbonyl (C=O) groups is 1. The van der Waals surface area contributed by atoms with Gasteiger partial charge in [-0.1, -0.05) is 13.8 Å². The van der Waals surface area contributed by atoms with Crippen LogP contribution in [0.4, 0.5) is 5.82 Å². The molecule has 2 N–H and O–H groups in total. The van der Waals surface area contributed by atoms with E-state index >= 15 is 0 Å². The van der Waals surface area contributed by atoms with Crippen LogP contribution in [0, 0.1) is 0 Å². The zero-order chi connectivity index (χ0) is 15.0. The summed E-state index contributed by atoms with van der Waals surface area (Å²) in [5, 5.41) is 2.10. The van der Waals surface area contributed by atoms with E-state index in [4.69, 9.17) is 5.73 Å². The molecule has 0 saturated heterocycles. The van der Waals surface area contributed by atoms with Crippen molar-refractivity contribution in [1.82, 2.24) is 9.88 Å². The Morgan fingerprint density at radius 2 is 2.24 bits per heavy atom. The van der Waals surface area contributed by atoms with Gasteiger partial charge in [0.25, 0.3) is 5.91 Å². The number of aromatic nitrogens is 1. The van der Waals surface area contributed by atoms with Gasteiger partial charge in [0.1, 0.15) is 5.82 Å². The molecule has 0 saturated carbocycles. The monoisotopic (exact) mass is 301 g/mol. The molecule has 0 spiro atoms. The fourth-order valence-corrected chi connectivity index (χ4v) is 3.49. The van der Waals surface area contributed by atoms with Crippen LogP contribution in [0.5, 0.6) is 0 Å². The Hall–Kier alpha value is -1.88. The summed E-state index contributed by atoms with van der Waals surface area (Å²) in [6.07, 6.45) is 0.941. The Morgan fingerprint density at radius 3 is 3.00 bits per heavy atom. The molecular formula is C16H19N3OS. The molecule has 0 radical (unpaired) electrons. The zero-order valence-electron chi connectivity index (χ0n) is 12.3. The summed E-state index contributed by atoms with van der Waals surface area (Å²) in [7, 11) is 0. The fourth-order valence-electron chi connectivity index (χ4n) is 2.60. The Bertz CT molecular complexity index is 678. The van der Waals surface area contributed by atoms with Gasteiger partial charge in [-0.3, -0.25) is 4.79 Å². The Morgan fingerprint density at radius 1 is 1.43 bits per heavy atom. The first-order chi connectivity index (χ1) is 10.0. The number of fused-ring (bicyclic) bond motifs is 1. The first-order valence-corrected chi connectivity index (χ1v) is 8.04. The third kappa shape index (κ3) is 2.78. The summed E-state index contributed by atoms with van der Waals surface area (Å²) < 4.78 is 0. The van der Waals surface area contributed by atoms with Crippen LogP contribution in [0.3, 0.4) is 0 Å². The molecule has 1 amide bonds. The van der Waals surface area contributed by atoms with E-state index in [1.807, 2.05) is 11.0 Å². The number of carbonyl (C=O) groups excluding carboxylic acids is 1. The molecular weight excluding hydrogens is 282 g/mol. The Balaban J connectivity index is 1.86. The van der Waals surface area contributed by atoms with Crippen molar-refractivity contribution in [2.45, 2.75) is 32.7 Å². The lowest BCUT2D eigenvalue weighted by molar-refractivity contribution is 0.0735. The number of nitrogens with zero attached hydrogens (tertiary/aromatic N) is 2. The average Bonchev–Trinajstić information content (AvgIpc) is 2.93. The standard InChI is InChI=1S/C16H19N3OS/c1-10(2)13-7-12(8-15(17)18-13)16(20)19-5-3-14-11(9-19)4-6-21-14/h4,6-8,10H,3,5,9H2,1-2H3,(H2,17,18). The third-order valence-corrected chi connectivity index (χ3v) is 4.82. The number of thiophene rings is 1. The number of pyridine rings is 1. The molecule has 3 rings (SSSR count). The van der Waals surface area contributed by atoms with Crippen molar-refractivity contribution >= 4 is 23.1 Å². The minimum atomic E-state index is 0.0443. The number of hydrogen-bond donors (Lipinski definition) is 1. The molecule has 0 aliphatic carbocycles. The largest absolute Gasteiger partial charge is 0.384 e. The fraction of sp³-hybridized carbons (Fsp3) is 0.375. The number of rotatable bonds is 2. The second-order valence-electron chi connectivity index (χ2n) is 5.71. The van der Waals surface area contributed by atoms with Gasteiger partial charge in [0.05, 0.1) is 0 Å². The minimum absolute atomic E-state index is 0.0443. The van der Waals surface area contributed by atoms with Crippen molar-refractivity contribution in [1.29, 1.82) is 0 Å². The summed E-state index contributed by atoms with van der Waals surface area (Å²) in [4.78, 5) is 20.3. The van der Waals surface area contributed by atoms with Crippen LogP contribution in [0.15, 0.2) is 23.6 Å². The average molecular weight is 301 g/mol. The molecule has 4 nitrogen and oxygen atoms in total. The molecule has 2 aromatic heterocycles. The zero-order valence-corrected chi connectivity index (χ0v) is 13.1. The smallest absolute Gasteiger partial charge is 0.254 e. The third-order valence-electron chi connectivity index (χ3n) is 3.80. The molecule has 110 valence electrons. The number of hydrogen-bond acceptors (Lipinski definition) is 4. The van der Waals surface area contributed by atoms with Crippen molar-refractivity contribution in [3.05, 3.63) is 45.3 Å². The molecule has 1 aliphatic rings. The molecule has 2 aromatic rings. The van der Waals surface area contributed by atoms with Gasteiger partial charge in [0, 0.05) is 29.2 Å². The normalized spacial score (nSPS) is 14.3. The maximum atomic E-state index is 12.7. The summed E-state index contributed by atoms with van der Waals surface area (Å²) in [5.74, 6) is 0.713. The SMILES string of the molecule is CC(C)c1cc(C(=O)N2CCc3sccc3C2)cc(N)n1. The molecule has 0 fully saturated rings. The molecule has 1 aliphatic heterocycles. The van der Waals surface area contributed by atoms with Crippen LogP contribution >= 0.6 is 11.3 Å². The number of amides is 1. The van der Waals surface area contributed by atoms with Crippen molar-refractivity contribution in [2.24, 2.45) is 0 Å². The van der Waals surface area contributed by atoms with Gasteiger partial charge in [0.2, 0.25) is 0 Å². The van der Waals surface area contributed by atoms with E-state index in [1.54, 1.807) is 17.4 Å². The van der Waals surface area contributed by atoms with Gasteiger partial charge < -0.3 is 10.6 Å². The number of nitrogen functional groups attached to an aromatic ring is 1. The van der Waals surface area contributed by atoms with Crippen LogP contribution in [0.25, 0.3) is 0 Å². The van der Waals surface area contributed by atoms with E-state index in [0.29, 0.717) is 17.9 Å². The van der Waals surface area contributed by atoms with E-state index < -0.39 is 0 Å². The van der Waals surface area contributed by atoms with E-state index in [-0.39, 0.29) is 11.8 Å². The van der Waals surface area contributed by atoms with Crippen LogP contribution in [0.1, 0.15) is 46.3 Å². The van der Waals surface area contributed by atoms with Gasteiger partial charge in [-0.05, 0) is 41.5 Å². The van der Waals surface area contributed by atoms with E-state index in [2.05, 4.69) is 30.3 Å². The lowest BCUT2D eigenvalue weighted by atomic mass is 10.0. The summed E-state index contributed by atoms with van der Waals surface area (Å²) in [5.41, 5.74) is 8.62. The van der Waals surface area contributed by atoms with Crippen molar-refractivity contribution in [2.75, 3.05) is 12.3 Å².